The lowest BCUT2D eigenvalue weighted by atomic mass is 10.0. The maximum Gasteiger partial charge on any atom is 0.236 e. The van der Waals surface area contributed by atoms with Gasteiger partial charge in [0.15, 0.2) is 0 Å². The van der Waals surface area contributed by atoms with Gasteiger partial charge >= 0.3 is 0 Å². The molecule has 88 valence electrons. The first kappa shape index (κ1) is 13.9. The summed E-state index contributed by atoms with van der Waals surface area (Å²) in [6.45, 7) is 6.33. The van der Waals surface area contributed by atoms with Crippen molar-refractivity contribution in [1.29, 1.82) is 0 Å². The minimum atomic E-state index is -0.456. The van der Waals surface area contributed by atoms with Gasteiger partial charge in [0.25, 0.3) is 0 Å². The number of nitrogens with one attached hydrogen (secondary N) is 2. The molecular formula is C10H21N3O2. The number of rotatable bonds is 6. The lowest BCUT2D eigenvalue weighted by molar-refractivity contribution is -0.123. The summed E-state index contributed by atoms with van der Waals surface area (Å²) in [6, 6.07) is -0.456. The molecule has 4 N–H and O–H groups in total. The Labute approximate surface area is 90.8 Å². The third kappa shape index (κ3) is 7.93. The maximum atomic E-state index is 11.4. The summed E-state index contributed by atoms with van der Waals surface area (Å²) in [6.07, 6.45) is 0.673. The van der Waals surface area contributed by atoms with Crippen LogP contribution >= 0.6 is 0 Å². The van der Waals surface area contributed by atoms with Crippen LogP contribution in [-0.4, -0.2) is 30.9 Å². The first-order chi connectivity index (χ1) is 6.93. The largest absolute Gasteiger partial charge is 0.355 e. The van der Waals surface area contributed by atoms with Gasteiger partial charge in [-0.3, -0.25) is 9.59 Å². The molecule has 0 spiro atoms. The topological polar surface area (TPSA) is 84.2 Å². The average molecular weight is 215 g/mol. The second-order valence-electron chi connectivity index (χ2n) is 4.01. The van der Waals surface area contributed by atoms with Crippen LogP contribution in [0.25, 0.3) is 0 Å². The van der Waals surface area contributed by atoms with Gasteiger partial charge < -0.3 is 16.4 Å². The fraction of sp³-hybridized carbons (Fsp3) is 0.800. The van der Waals surface area contributed by atoms with Crippen molar-refractivity contribution in [2.45, 2.75) is 33.2 Å². The molecule has 0 saturated carbocycles. The minimum absolute atomic E-state index is 0.101. The zero-order chi connectivity index (χ0) is 11.8. The Hall–Kier alpha value is -1.10. The lowest BCUT2D eigenvalue weighted by Gasteiger charge is -2.14. The minimum Gasteiger partial charge on any atom is -0.355 e. The van der Waals surface area contributed by atoms with Crippen molar-refractivity contribution in [3.63, 3.8) is 0 Å². The van der Waals surface area contributed by atoms with Crippen LogP contribution in [0.3, 0.4) is 0 Å². The van der Waals surface area contributed by atoms with Crippen LogP contribution in [0.1, 0.15) is 27.2 Å². The third-order valence-electron chi connectivity index (χ3n) is 1.86. The van der Waals surface area contributed by atoms with Crippen LogP contribution in [0.5, 0.6) is 0 Å². The molecule has 0 heterocycles. The van der Waals surface area contributed by atoms with E-state index in [-0.39, 0.29) is 11.8 Å². The van der Waals surface area contributed by atoms with Gasteiger partial charge in [-0.15, -0.1) is 0 Å². The summed E-state index contributed by atoms with van der Waals surface area (Å²) >= 11 is 0. The van der Waals surface area contributed by atoms with E-state index < -0.39 is 6.04 Å². The van der Waals surface area contributed by atoms with E-state index in [0.717, 1.165) is 0 Å². The van der Waals surface area contributed by atoms with Crippen LogP contribution in [0, 0.1) is 5.92 Å². The van der Waals surface area contributed by atoms with Crippen LogP contribution < -0.4 is 16.4 Å². The van der Waals surface area contributed by atoms with Crippen molar-refractivity contribution in [1.82, 2.24) is 10.6 Å². The summed E-state index contributed by atoms with van der Waals surface area (Å²) in [5, 5.41) is 5.25. The van der Waals surface area contributed by atoms with E-state index in [9.17, 15) is 9.59 Å². The molecule has 0 aliphatic carbocycles. The number of hydrogen-bond acceptors (Lipinski definition) is 3. The van der Waals surface area contributed by atoms with Crippen molar-refractivity contribution >= 4 is 11.8 Å². The molecule has 0 fully saturated rings. The quantitative estimate of drug-likeness (QED) is 0.528. The van der Waals surface area contributed by atoms with Crippen LogP contribution in [0.4, 0.5) is 0 Å². The molecule has 15 heavy (non-hydrogen) atoms. The Morgan fingerprint density at radius 1 is 1.20 bits per heavy atom. The molecule has 1 atom stereocenters. The van der Waals surface area contributed by atoms with Gasteiger partial charge in [0, 0.05) is 20.0 Å². The zero-order valence-electron chi connectivity index (χ0n) is 9.67. The van der Waals surface area contributed by atoms with E-state index in [1.165, 1.54) is 6.92 Å². The number of nitrogens with two attached hydrogens (primary N) is 1. The molecule has 5 heteroatoms. The second-order valence-corrected chi connectivity index (χ2v) is 4.01. The van der Waals surface area contributed by atoms with Crippen molar-refractivity contribution in [2.24, 2.45) is 11.7 Å². The zero-order valence-corrected chi connectivity index (χ0v) is 9.67. The summed E-state index contributed by atoms with van der Waals surface area (Å²) < 4.78 is 0. The van der Waals surface area contributed by atoms with Crippen molar-refractivity contribution in [3.8, 4) is 0 Å². The third-order valence-corrected chi connectivity index (χ3v) is 1.86. The number of carbonyl (C=O) groups excluding carboxylic acids is 2. The molecule has 2 amide bonds. The summed E-state index contributed by atoms with van der Waals surface area (Å²) in [5.41, 5.74) is 5.66. The highest BCUT2D eigenvalue weighted by Crippen LogP contribution is 2.01. The highest BCUT2D eigenvalue weighted by molar-refractivity contribution is 5.81. The Morgan fingerprint density at radius 3 is 2.20 bits per heavy atom. The smallest absolute Gasteiger partial charge is 0.236 e. The second kappa shape index (κ2) is 7.23. The van der Waals surface area contributed by atoms with Gasteiger partial charge in [0.2, 0.25) is 11.8 Å². The van der Waals surface area contributed by atoms with Crippen molar-refractivity contribution < 1.29 is 9.59 Å². The van der Waals surface area contributed by atoms with Gasteiger partial charge in [0.05, 0.1) is 6.04 Å². The van der Waals surface area contributed by atoms with Gasteiger partial charge in [-0.2, -0.15) is 0 Å². The molecule has 0 aromatic heterocycles. The summed E-state index contributed by atoms with van der Waals surface area (Å²) in [7, 11) is 0. The van der Waals surface area contributed by atoms with E-state index in [0.29, 0.717) is 25.4 Å². The Morgan fingerprint density at radius 2 is 1.73 bits per heavy atom. The van der Waals surface area contributed by atoms with Crippen molar-refractivity contribution in [3.05, 3.63) is 0 Å². The fourth-order valence-electron chi connectivity index (χ4n) is 1.17. The number of amides is 2. The number of carbonyl (C=O) groups is 2. The van der Waals surface area contributed by atoms with Gasteiger partial charge in [0.1, 0.15) is 0 Å². The highest BCUT2D eigenvalue weighted by Gasteiger charge is 2.13. The normalized spacial score (nSPS) is 12.3. The van der Waals surface area contributed by atoms with E-state index in [2.05, 4.69) is 10.6 Å². The van der Waals surface area contributed by atoms with Crippen LogP contribution in [-0.2, 0) is 9.59 Å². The van der Waals surface area contributed by atoms with Crippen LogP contribution in [0.2, 0.25) is 0 Å². The molecule has 1 unspecified atom stereocenters. The summed E-state index contributed by atoms with van der Waals surface area (Å²) in [5.74, 6) is 0.144. The van der Waals surface area contributed by atoms with Crippen LogP contribution in [0.15, 0.2) is 0 Å². The maximum absolute atomic E-state index is 11.4. The molecule has 0 aromatic rings. The van der Waals surface area contributed by atoms with E-state index in [1.807, 2.05) is 13.8 Å². The fourth-order valence-corrected chi connectivity index (χ4v) is 1.17. The lowest BCUT2D eigenvalue weighted by Crippen LogP contribution is -2.43. The molecule has 0 rings (SSSR count). The van der Waals surface area contributed by atoms with Gasteiger partial charge in [-0.25, -0.2) is 0 Å². The first-order valence-electron chi connectivity index (χ1n) is 5.21. The SMILES string of the molecule is CC(=O)NCCNC(=O)C(N)CC(C)C. The van der Waals surface area contributed by atoms with Crippen molar-refractivity contribution in [2.75, 3.05) is 13.1 Å². The molecule has 0 radical (unpaired) electrons. The van der Waals surface area contributed by atoms with E-state index >= 15 is 0 Å². The van der Waals surface area contributed by atoms with E-state index in [4.69, 9.17) is 5.73 Å². The predicted octanol–water partition coefficient (Wildman–Crippen LogP) is -0.388. The van der Waals surface area contributed by atoms with E-state index in [1.54, 1.807) is 0 Å². The molecular weight excluding hydrogens is 194 g/mol. The molecule has 0 saturated heterocycles. The molecule has 0 aliphatic rings. The Balaban J connectivity index is 3.60. The molecule has 0 bridgehead atoms. The van der Waals surface area contributed by atoms with Gasteiger partial charge in [-0.05, 0) is 12.3 Å². The Kier molecular flexibility index (Phi) is 6.70. The first-order valence-corrected chi connectivity index (χ1v) is 5.21. The molecule has 0 aromatic carbocycles. The average Bonchev–Trinajstić information content (AvgIpc) is 2.10. The van der Waals surface area contributed by atoms with Gasteiger partial charge in [-0.1, -0.05) is 13.8 Å². The monoisotopic (exact) mass is 215 g/mol. The molecule has 5 nitrogen and oxygen atoms in total. The highest BCUT2D eigenvalue weighted by atomic mass is 16.2. The standard InChI is InChI=1S/C10H21N3O2/c1-7(2)6-9(11)10(15)13-5-4-12-8(3)14/h7,9H,4-6,11H2,1-3H3,(H,12,14)(H,13,15). The predicted molar refractivity (Wildman–Crippen MR) is 59.1 cm³/mol. The number of hydrogen-bond donors (Lipinski definition) is 3. The molecule has 0 aliphatic heterocycles. The Bertz CT molecular complexity index is 217. The summed E-state index contributed by atoms with van der Waals surface area (Å²) in [4.78, 5) is 21.9.